The molecule has 1 aliphatic heterocycles. The normalized spacial score (nSPS) is 20.3. The minimum atomic E-state index is 0.563. The predicted molar refractivity (Wildman–Crippen MR) is 80.7 cm³/mol. The Balaban J connectivity index is 2.05. The highest BCUT2D eigenvalue weighted by molar-refractivity contribution is 9.11. The predicted octanol–water partition coefficient (Wildman–Crippen LogP) is 3.79. The van der Waals surface area contributed by atoms with Gasteiger partial charge >= 0.3 is 0 Å². The van der Waals surface area contributed by atoms with E-state index in [0.29, 0.717) is 12.1 Å². The first-order chi connectivity index (χ1) is 8.06. The second kappa shape index (κ2) is 5.72. The van der Waals surface area contributed by atoms with E-state index in [1.165, 1.54) is 12.1 Å². The monoisotopic (exact) mass is 360 g/mol. The molecule has 1 aromatic rings. The van der Waals surface area contributed by atoms with Crippen molar-refractivity contribution < 1.29 is 0 Å². The molecular formula is C13H18Br2N2. The summed E-state index contributed by atoms with van der Waals surface area (Å²) in [5.74, 6) is 0. The van der Waals surface area contributed by atoms with Crippen LogP contribution in [0, 0.1) is 0 Å². The van der Waals surface area contributed by atoms with Crippen molar-refractivity contribution in [2.75, 3.05) is 18.0 Å². The van der Waals surface area contributed by atoms with E-state index in [0.717, 1.165) is 22.0 Å². The molecule has 1 heterocycles. The maximum atomic E-state index is 3.64. The van der Waals surface area contributed by atoms with Gasteiger partial charge in [0.15, 0.2) is 0 Å². The van der Waals surface area contributed by atoms with Crippen molar-refractivity contribution in [3.8, 4) is 0 Å². The molecule has 4 heteroatoms. The Morgan fingerprint density at radius 3 is 2.76 bits per heavy atom. The first-order valence-corrected chi connectivity index (χ1v) is 7.61. The van der Waals surface area contributed by atoms with Crippen LogP contribution in [-0.4, -0.2) is 25.2 Å². The Bertz CT molecular complexity index is 393. The van der Waals surface area contributed by atoms with E-state index in [-0.39, 0.29) is 0 Å². The number of hydrogen-bond donors (Lipinski definition) is 1. The minimum Gasteiger partial charge on any atom is -0.369 e. The van der Waals surface area contributed by atoms with Gasteiger partial charge in [-0.05, 0) is 40.5 Å². The second-order valence-electron chi connectivity index (χ2n) is 4.85. The van der Waals surface area contributed by atoms with Crippen LogP contribution in [0.3, 0.4) is 0 Å². The molecule has 0 aromatic heterocycles. The Morgan fingerprint density at radius 2 is 2.12 bits per heavy atom. The first kappa shape index (κ1) is 13.4. The Labute approximate surface area is 120 Å². The maximum Gasteiger partial charge on any atom is 0.0511 e. The van der Waals surface area contributed by atoms with Crippen molar-refractivity contribution in [3.05, 3.63) is 27.1 Å². The SMILES string of the molecule is CC(C)NC1CCN(c2ccc(Br)cc2Br)C1. The van der Waals surface area contributed by atoms with Gasteiger partial charge in [-0.1, -0.05) is 29.8 Å². The molecule has 0 spiro atoms. The number of nitrogens with one attached hydrogen (secondary N) is 1. The van der Waals surface area contributed by atoms with Crippen molar-refractivity contribution in [2.24, 2.45) is 0 Å². The summed E-state index contributed by atoms with van der Waals surface area (Å²) in [6.45, 7) is 6.64. The van der Waals surface area contributed by atoms with Crippen LogP contribution in [-0.2, 0) is 0 Å². The number of hydrogen-bond acceptors (Lipinski definition) is 2. The third kappa shape index (κ3) is 3.46. The molecule has 1 aromatic carbocycles. The van der Waals surface area contributed by atoms with Gasteiger partial charge in [0.1, 0.15) is 0 Å². The largest absolute Gasteiger partial charge is 0.369 e. The lowest BCUT2D eigenvalue weighted by molar-refractivity contribution is 0.492. The molecule has 2 nitrogen and oxygen atoms in total. The van der Waals surface area contributed by atoms with Gasteiger partial charge in [0, 0.05) is 34.1 Å². The molecule has 1 aliphatic rings. The van der Waals surface area contributed by atoms with Gasteiger partial charge in [0.25, 0.3) is 0 Å². The molecule has 1 saturated heterocycles. The lowest BCUT2D eigenvalue weighted by Gasteiger charge is -2.21. The van der Waals surface area contributed by atoms with E-state index < -0.39 is 0 Å². The quantitative estimate of drug-likeness (QED) is 0.881. The lowest BCUT2D eigenvalue weighted by atomic mass is 10.2. The molecule has 2 rings (SSSR count). The zero-order valence-electron chi connectivity index (χ0n) is 10.2. The zero-order chi connectivity index (χ0) is 12.4. The van der Waals surface area contributed by atoms with Crippen LogP contribution in [0.2, 0.25) is 0 Å². The molecule has 0 aliphatic carbocycles. The fourth-order valence-corrected chi connectivity index (χ4v) is 3.62. The van der Waals surface area contributed by atoms with Crippen LogP contribution in [0.4, 0.5) is 5.69 Å². The fourth-order valence-electron chi connectivity index (χ4n) is 2.32. The highest BCUT2D eigenvalue weighted by Crippen LogP contribution is 2.31. The highest BCUT2D eigenvalue weighted by Gasteiger charge is 2.23. The third-order valence-corrected chi connectivity index (χ3v) is 4.14. The average molecular weight is 362 g/mol. The Kier molecular flexibility index (Phi) is 4.50. The topological polar surface area (TPSA) is 15.3 Å². The smallest absolute Gasteiger partial charge is 0.0511 e. The third-order valence-electron chi connectivity index (χ3n) is 3.01. The summed E-state index contributed by atoms with van der Waals surface area (Å²) in [5.41, 5.74) is 1.29. The van der Waals surface area contributed by atoms with Crippen molar-refractivity contribution in [1.82, 2.24) is 5.32 Å². The van der Waals surface area contributed by atoms with Gasteiger partial charge in [-0.25, -0.2) is 0 Å². The number of benzene rings is 1. The van der Waals surface area contributed by atoms with Gasteiger partial charge in [0.2, 0.25) is 0 Å². The first-order valence-electron chi connectivity index (χ1n) is 6.02. The van der Waals surface area contributed by atoms with Gasteiger partial charge < -0.3 is 10.2 Å². The van der Waals surface area contributed by atoms with Crippen LogP contribution in [0.25, 0.3) is 0 Å². The molecule has 1 N–H and O–H groups in total. The van der Waals surface area contributed by atoms with E-state index in [9.17, 15) is 0 Å². The van der Waals surface area contributed by atoms with Crippen LogP contribution in [0.15, 0.2) is 27.1 Å². The minimum absolute atomic E-state index is 0.563. The highest BCUT2D eigenvalue weighted by atomic mass is 79.9. The summed E-state index contributed by atoms with van der Waals surface area (Å²) in [6, 6.07) is 7.56. The Morgan fingerprint density at radius 1 is 1.35 bits per heavy atom. The summed E-state index contributed by atoms with van der Waals surface area (Å²) in [5, 5.41) is 3.61. The van der Waals surface area contributed by atoms with Crippen LogP contribution >= 0.6 is 31.9 Å². The number of nitrogens with zero attached hydrogens (tertiary/aromatic N) is 1. The van der Waals surface area contributed by atoms with Gasteiger partial charge in [-0.2, -0.15) is 0 Å². The molecule has 94 valence electrons. The second-order valence-corrected chi connectivity index (χ2v) is 6.62. The molecule has 0 saturated carbocycles. The van der Waals surface area contributed by atoms with Crippen molar-refractivity contribution in [2.45, 2.75) is 32.4 Å². The summed E-state index contributed by atoms with van der Waals surface area (Å²) in [7, 11) is 0. The van der Waals surface area contributed by atoms with Crippen molar-refractivity contribution in [1.29, 1.82) is 0 Å². The molecular weight excluding hydrogens is 344 g/mol. The van der Waals surface area contributed by atoms with E-state index in [1.807, 2.05) is 0 Å². The van der Waals surface area contributed by atoms with Crippen LogP contribution in [0.1, 0.15) is 20.3 Å². The number of halogens is 2. The van der Waals surface area contributed by atoms with Crippen molar-refractivity contribution >= 4 is 37.5 Å². The lowest BCUT2D eigenvalue weighted by Crippen LogP contribution is -2.37. The van der Waals surface area contributed by atoms with Crippen molar-refractivity contribution in [3.63, 3.8) is 0 Å². The van der Waals surface area contributed by atoms with Gasteiger partial charge in [0.05, 0.1) is 5.69 Å². The van der Waals surface area contributed by atoms with Crippen LogP contribution < -0.4 is 10.2 Å². The summed E-state index contributed by atoms with van der Waals surface area (Å²) >= 11 is 7.12. The molecule has 0 radical (unpaired) electrons. The van der Waals surface area contributed by atoms with Crippen LogP contribution in [0.5, 0.6) is 0 Å². The summed E-state index contributed by atoms with van der Waals surface area (Å²) < 4.78 is 2.28. The molecule has 0 bridgehead atoms. The average Bonchev–Trinajstić information content (AvgIpc) is 2.65. The molecule has 1 atom stereocenters. The molecule has 0 amide bonds. The van der Waals surface area contributed by atoms with E-state index >= 15 is 0 Å². The number of rotatable bonds is 3. The number of anilines is 1. The molecule has 1 fully saturated rings. The van der Waals surface area contributed by atoms with E-state index in [1.54, 1.807) is 0 Å². The Hall–Kier alpha value is -0.0600. The summed E-state index contributed by atoms with van der Waals surface area (Å²) in [6.07, 6.45) is 1.22. The van der Waals surface area contributed by atoms with Gasteiger partial charge in [-0.15, -0.1) is 0 Å². The van der Waals surface area contributed by atoms with Gasteiger partial charge in [-0.3, -0.25) is 0 Å². The molecule has 17 heavy (non-hydrogen) atoms. The fraction of sp³-hybridized carbons (Fsp3) is 0.538. The zero-order valence-corrected chi connectivity index (χ0v) is 13.4. The van der Waals surface area contributed by atoms with E-state index in [2.05, 4.69) is 74.1 Å². The molecule has 1 unspecified atom stereocenters. The van der Waals surface area contributed by atoms with E-state index in [4.69, 9.17) is 0 Å². The summed E-state index contributed by atoms with van der Waals surface area (Å²) in [4.78, 5) is 2.44. The maximum absolute atomic E-state index is 3.64. The standard InChI is InChI=1S/C13H18Br2N2/c1-9(2)16-11-5-6-17(8-11)13-4-3-10(14)7-12(13)15/h3-4,7,9,11,16H,5-6,8H2,1-2H3.